The second-order valence-corrected chi connectivity index (χ2v) is 5.87. The summed E-state index contributed by atoms with van der Waals surface area (Å²) in [5, 5.41) is 2.85. The zero-order valence-electron chi connectivity index (χ0n) is 12.8. The van der Waals surface area contributed by atoms with Gasteiger partial charge >= 0.3 is 0 Å². The molecule has 1 aromatic carbocycles. The number of hydrogen-bond acceptors (Lipinski definition) is 3. The highest BCUT2D eigenvalue weighted by atomic mass is 16.1. The van der Waals surface area contributed by atoms with Crippen LogP contribution in [-0.4, -0.2) is 35.9 Å². The lowest BCUT2D eigenvalue weighted by molar-refractivity contribution is 0.102. The van der Waals surface area contributed by atoms with E-state index in [4.69, 9.17) is 0 Å². The molecule has 0 spiro atoms. The number of carbonyl (C=O) groups excluding carboxylic acids is 1. The average molecular weight is 295 g/mol. The van der Waals surface area contributed by atoms with E-state index in [1.54, 1.807) is 0 Å². The summed E-state index contributed by atoms with van der Waals surface area (Å²) in [5.41, 5.74) is 2.48. The Bertz CT molecular complexity index is 617. The number of aromatic nitrogens is 1. The molecule has 114 valence electrons. The van der Waals surface area contributed by atoms with E-state index in [1.807, 2.05) is 48.7 Å². The van der Waals surface area contributed by atoms with Crippen LogP contribution in [0.4, 0.5) is 5.69 Å². The Labute approximate surface area is 131 Å². The van der Waals surface area contributed by atoms with E-state index in [0.29, 0.717) is 11.6 Å². The Morgan fingerprint density at radius 3 is 2.50 bits per heavy atom. The molecular formula is C18H21N3O. The largest absolute Gasteiger partial charge is 0.321 e. The Morgan fingerprint density at radius 2 is 1.86 bits per heavy atom. The van der Waals surface area contributed by atoms with E-state index < -0.39 is 0 Å². The second kappa shape index (κ2) is 6.71. The van der Waals surface area contributed by atoms with Crippen molar-refractivity contribution in [1.29, 1.82) is 0 Å². The molecule has 1 saturated heterocycles. The number of anilines is 1. The average Bonchev–Trinajstić information content (AvgIpc) is 2.57. The lowest BCUT2D eigenvalue weighted by Gasteiger charge is -2.29. The molecule has 1 aliphatic heterocycles. The van der Waals surface area contributed by atoms with Crippen LogP contribution < -0.4 is 5.32 Å². The highest BCUT2D eigenvalue weighted by Crippen LogP contribution is 2.26. The zero-order chi connectivity index (χ0) is 15.4. The molecule has 1 aliphatic rings. The van der Waals surface area contributed by atoms with E-state index in [9.17, 15) is 4.79 Å². The van der Waals surface area contributed by atoms with Gasteiger partial charge < -0.3 is 10.2 Å². The SMILES string of the molecule is CN1CCC(c2ccc(C(=O)Nc3ccccc3)nc2)CC1. The van der Waals surface area contributed by atoms with E-state index in [-0.39, 0.29) is 5.91 Å². The quantitative estimate of drug-likeness (QED) is 0.946. The van der Waals surface area contributed by atoms with Crippen molar-refractivity contribution in [1.82, 2.24) is 9.88 Å². The highest BCUT2D eigenvalue weighted by molar-refractivity contribution is 6.02. The minimum absolute atomic E-state index is 0.166. The molecule has 0 radical (unpaired) electrons. The van der Waals surface area contributed by atoms with Gasteiger partial charge in [0.05, 0.1) is 0 Å². The first-order valence-corrected chi connectivity index (χ1v) is 7.73. The maximum absolute atomic E-state index is 12.2. The minimum atomic E-state index is -0.166. The van der Waals surface area contributed by atoms with E-state index in [2.05, 4.69) is 22.2 Å². The Kier molecular flexibility index (Phi) is 4.49. The smallest absolute Gasteiger partial charge is 0.274 e. The summed E-state index contributed by atoms with van der Waals surface area (Å²) >= 11 is 0. The van der Waals surface area contributed by atoms with Gasteiger partial charge in [-0.2, -0.15) is 0 Å². The molecule has 22 heavy (non-hydrogen) atoms. The summed E-state index contributed by atoms with van der Waals surface area (Å²) < 4.78 is 0. The molecule has 0 bridgehead atoms. The number of likely N-dealkylation sites (tertiary alicyclic amines) is 1. The van der Waals surface area contributed by atoms with Gasteiger partial charge in [0.15, 0.2) is 0 Å². The molecule has 4 heteroatoms. The predicted octanol–water partition coefficient (Wildman–Crippen LogP) is 3.14. The summed E-state index contributed by atoms with van der Waals surface area (Å²) in [6.07, 6.45) is 4.18. The summed E-state index contributed by atoms with van der Waals surface area (Å²) in [4.78, 5) is 18.9. The van der Waals surface area contributed by atoms with Gasteiger partial charge in [0, 0.05) is 11.9 Å². The van der Waals surface area contributed by atoms with Gasteiger partial charge in [0.1, 0.15) is 5.69 Å². The van der Waals surface area contributed by atoms with Gasteiger partial charge in [-0.15, -0.1) is 0 Å². The number of hydrogen-bond donors (Lipinski definition) is 1. The van der Waals surface area contributed by atoms with Gasteiger partial charge in [-0.3, -0.25) is 9.78 Å². The van der Waals surface area contributed by atoms with Gasteiger partial charge in [-0.1, -0.05) is 24.3 Å². The Morgan fingerprint density at radius 1 is 1.14 bits per heavy atom. The van der Waals surface area contributed by atoms with Crippen molar-refractivity contribution in [2.24, 2.45) is 0 Å². The van der Waals surface area contributed by atoms with Crippen LogP contribution in [0, 0.1) is 0 Å². The van der Waals surface area contributed by atoms with E-state index in [1.165, 1.54) is 5.56 Å². The zero-order valence-corrected chi connectivity index (χ0v) is 12.8. The third-order valence-electron chi connectivity index (χ3n) is 4.24. The van der Waals surface area contributed by atoms with Gasteiger partial charge in [0.25, 0.3) is 5.91 Å². The molecule has 0 atom stereocenters. The van der Waals surface area contributed by atoms with Crippen molar-refractivity contribution < 1.29 is 4.79 Å². The standard InChI is InChI=1S/C18H21N3O/c1-21-11-9-14(10-12-21)15-7-8-17(19-13-15)18(22)20-16-5-3-2-4-6-16/h2-8,13-14H,9-12H2,1H3,(H,20,22). The van der Waals surface area contributed by atoms with E-state index >= 15 is 0 Å². The molecule has 0 saturated carbocycles. The highest BCUT2D eigenvalue weighted by Gasteiger charge is 2.19. The molecule has 2 aromatic rings. The Hall–Kier alpha value is -2.20. The van der Waals surface area contributed by atoms with Crippen LogP contribution in [0.2, 0.25) is 0 Å². The predicted molar refractivity (Wildman–Crippen MR) is 88.1 cm³/mol. The number of nitrogens with one attached hydrogen (secondary N) is 1. The lowest BCUT2D eigenvalue weighted by Crippen LogP contribution is -2.29. The number of carbonyl (C=O) groups is 1. The van der Waals surface area contributed by atoms with E-state index in [0.717, 1.165) is 31.6 Å². The van der Waals surface area contributed by atoms with Crippen molar-refractivity contribution >= 4 is 11.6 Å². The monoisotopic (exact) mass is 295 g/mol. The molecule has 3 rings (SSSR count). The Balaban J connectivity index is 1.65. The fraction of sp³-hybridized carbons (Fsp3) is 0.333. The molecule has 1 fully saturated rings. The van der Waals surface area contributed by atoms with Gasteiger partial charge in [0.2, 0.25) is 0 Å². The molecule has 1 N–H and O–H groups in total. The molecule has 4 nitrogen and oxygen atoms in total. The number of nitrogens with zero attached hydrogens (tertiary/aromatic N) is 2. The first-order chi connectivity index (χ1) is 10.7. The number of rotatable bonds is 3. The summed E-state index contributed by atoms with van der Waals surface area (Å²) in [6.45, 7) is 2.25. The number of para-hydroxylation sites is 1. The summed E-state index contributed by atoms with van der Waals surface area (Å²) in [7, 11) is 2.16. The van der Waals surface area contributed by atoms with Gasteiger partial charge in [-0.05, 0) is 62.7 Å². The van der Waals surface area contributed by atoms with Crippen LogP contribution in [0.1, 0.15) is 34.8 Å². The first kappa shape index (κ1) is 14.7. The number of benzene rings is 1. The van der Waals surface area contributed by atoms with Crippen LogP contribution >= 0.6 is 0 Å². The van der Waals surface area contributed by atoms with Gasteiger partial charge in [-0.25, -0.2) is 0 Å². The van der Waals surface area contributed by atoms with Crippen molar-refractivity contribution in [2.75, 3.05) is 25.5 Å². The fourth-order valence-electron chi connectivity index (χ4n) is 2.84. The van der Waals surface area contributed by atoms with Crippen LogP contribution in [0.25, 0.3) is 0 Å². The maximum Gasteiger partial charge on any atom is 0.274 e. The normalized spacial score (nSPS) is 16.4. The summed E-state index contributed by atoms with van der Waals surface area (Å²) in [5.74, 6) is 0.399. The second-order valence-electron chi connectivity index (χ2n) is 5.87. The van der Waals surface area contributed by atoms with Crippen LogP contribution in [-0.2, 0) is 0 Å². The lowest BCUT2D eigenvalue weighted by atomic mass is 9.90. The molecule has 0 aliphatic carbocycles. The number of amides is 1. The number of piperidine rings is 1. The third kappa shape index (κ3) is 3.52. The molecule has 1 aromatic heterocycles. The van der Waals surface area contributed by atoms with Crippen molar-refractivity contribution in [2.45, 2.75) is 18.8 Å². The number of pyridine rings is 1. The maximum atomic E-state index is 12.2. The van der Waals surface area contributed by atoms with Crippen LogP contribution in [0.5, 0.6) is 0 Å². The van der Waals surface area contributed by atoms with Crippen LogP contribution in [0.15, 0.2) is 48.7 Å². The summed E-state index contributed by atoms with van der Waals surface area (Å²) in [6, 6.07) is 13.3. The molecular weight excluding hydrogens is 274 g/mol. The molecule has 2 heterocycles. The van der Waals surface area contributed by atoms with Crippen molar-refractivity contribution in [3.05, 3.63) is 59.9 Å². The fourth-order valence-corrected chi connectivity index (χ4v) is 2.84. The molecule has 1 amide bonds. The van der Waals surface area contributed by atoms with Crippen molar-refractivity contribution in [3.8, 4) is 0 Å². The third-order valence-corrected chi connectivity index (χ3v) is 4.24. The first-order valence-electron chi connectivity index (χ1n) is 7.73. The topological polar surface area (TPSA) is 45.2 Å². The molecule has 0 unspecified atom stereocenters. The van der Waals surface area contributed by atoms with Crippen LogP contribution in [0.3, 0.4) is 0 Å². The van der Waals surface area contributed by atoms with Crippen molar-refractivity contribution in [3.63, 3.8) is 0 Å². The minimum Gasteiger partial charge on any atom is -0.321 e.